The third kappa shape index (κ3) is 11.7. The first-order valence-corrected chi connectivity index (χ1v) is 19.1. The molecule has 4 unspecified atom stereocenters. The molecule has 43 heavy (non-hydrogen) atoms. The summed E-state index contributed by atoms with van der Waals surface area (Å²) >= 11 is 0. The molecule has 1 saturated heterocycles. The fourth-order valence-corrected chi connectivity index (χ4v) is 8.19. The smallest absolute Gasteiger partial charge is 0.190 e. The highest BCUT2D eigenvalue weighted by Crippen LogP contribution is 2.39. The van der Waals surface area contributed by atoms with Crippen molar-refractivity contribution in [2.75, 3.05) is 6.61 Å². The first kappa shape index (κ1) is 32.8. The fourth-order valence-electron chi connectivity index (χ4n) is 4.67. The molecule has 5 rings (SSSR count). The van der Waals surface area contributed by atoms with Gasteiger partial charge < -0.3 is 22.8 Å². The molecule has 1 heterocycles. The molecule has 8 atom stereocenters. The van der Waals surface area contributed by atoms with Crippen LogP contribution in [0.25, 0.3) is 0 Å². The summed E-state index contributed by atoms with van der Waals surface area (Å²) in [5, 5.41) is 0. The number of hydrogen-bond donors (Lipinski definition) is 0. The largest absolute Gasteiger partial charge is 0.359 e. The summed E-state index contributed by atoms with van der Waals surface area (Å²) in [6.07, 6.45) is 3.07. The van der Waals surface area contributed by atoms with Crippen molar-refractivity contribution in [1.29, 1.82) is 0 Å². The molecule has 1 aliphatic rings. The van der Waals surface area contributed by atoms with E-state index in [2.05, 4.69) is 97.1 Å². The zero-order valence-electron chi connectivity index (χ0n) is 24.1. The lowest BCUT2D eigenvalue weighted by Crippen LogP contribution is -2.50. The Bertz CT molecular complexity index is 1230. The van der Waals surface area contributed by atoms with Gasteiger partial charge in [-0.05, 0) is 22.3 Å². The maximum atomic E-state index is 6.60. The predicted molar refractivity (Wildman–Crippen MR) is 184 cm³/mol. The Hall–Kier alpha value is -1.60. The van der Waals surface area contributed by atoms with Crippen LogP contribution in [-0.4, -0.2) is 31.2 Å². The van der Waals surface area contributed by atoms with Crippen LogP contribution in [0.5, 0.6) is 0 Å². The molecule has 0 spiro atoms. The summed E-state index contributed by atoms with van der Waals surface area (Å²) in [4.78, 5) is 0. The van der Waals surface area contributed by atoms with Crippen molar-refractivity contribution in [2.45, 2.75) is 55.7 Å². The molecular formula is C34H40O5P4. The van der Waals surface area contributed by atoms with Gasteiger partial charge in [0.05, 0.1) is 18.8 Å². The van der Waals surface area contributed by atoms with Gasteiger partial charge in [0.1, 0.15) is 6.10 Å². The van der Waals surface area contributed by atoms with Gasteiger partial charge in [-0.1, -0.05) is 121 Å². The topological polar surface area (TPSA) is 46.2 Å². The van der Waals surface area contributed by atoms with Crippen molar-refractivity contribution in [3.8, 4) is 0 Å². The first-order valence-electron chi connectivity index (χ1n) is 14.6. The van der Waals surface area contributed by atoms with Crippen LogP contribution in [0.1, 0.15) is 28.7 Å². The van der Waals surface area contributed by atoms with Gasteiger partial charge in [0.15, 0.2) is 6.29 Å². The highest BCUT2D eigenvalue weighted by atomic mass is 31.1. The standard InChI is InChI=1S/C34H40O5P4/c1-5-13-27(14-6-1)23-40-35-22-31-21-32(37-41-24-28-15-7-2-8-16-28)33(38-42-25-29-17-9-3-10-18-29)34(36-31)39-43-26-30-19-11-4-12-20-30/h1-20,31-34,40-43H,21-26H2/t31-,32-,33-,34-/m0/s1. The third-order valence-corrected chi connectivity index (χ3v) is 10.8. The van der Waals surface area contributed by atoms with Crippen LogP contribution in [-0.2, 0) is 47.5 Å². The summed E-state index contributed by atoms with van der Waals surface area (Å²) < 4.78 is 32.3. The quantitative estimate of drug-likeness (QED) is 0.0842. The second-order valence-electron chi connectivity index (χ2n) is 10.3. The lowest BCUT2D eigenvalue weighted by Gasteiger charge is -2.40. The number of ether oxygens (including phenoxy) is 1. The minimum atomic E-state index is -0.517. The maximum absolute atomic E-state index is 6.60. The Balaban J connectivity index is 1.23. The van der Waals surface area contributed by atoms with Gasteiger partial charge in [0.25, 0.3) is 0 Å². The van der Waals surface area contributed by atoms with E-state index in [9.17, 15) is 0 Å². The summed E-state index contributed by atoms with van der Waals surface area (Å²) in [5.74, 6) is 0. The van der Waals surface area contributed by atoms with E-state index in [1.165, 1.54) is 22.3 Å². The molecule has 0 aromatic heterocycles. The Kier molecular flexibility index (Phi) is 14.5. The van der Waals surface area contributed by atoms with Crippen LogP contribution < -0.4 is 0 Å². The molecule has 0 saturated carbocycles. The summed E-state index contributed by atoms with van der Waals surface area (Å²) in [7, 11) is 1.23. The van der Waals surface area contributed by atoms with Crippen molar-refractivity contribution in [1.82, 2.24) is 0 Å². The summed E-state index contributed by atoms with van der Waals surface area (Å²) in [5.41, 5.74) is 5.06. The molecule has 0 aliphatic carbocycles. The Morgan fingerprint density at radius 3 is 1.42 bits per heavy atom. The monoisotopic (exact) mass is 652 g/mol. The van der Waals surface area contributed by atoms with E-state index >= 15 is 0 Å². The minimum Gasteiger partial charge on any atom is -0.359 e. The molecule has 0 amide bonds. The van der Waals surface area contributed by atoms with Gasteiger partial charge in [-0.25, -0.2) is 0 Å². The van der Waals surface area contributed by atoms with Crippen molar-refractivity contribution < 1.29 is 22.8 Å². The van der Waals surface area contributed by atoms with Crippen molar-refractivity contribution in [3.05, 3.63) is 144 Å². The zero-order valence-corrected chi connectivity index (χ0v) is 28.1. The molecule has 4 aromatic carbocycles. The van der Waals surface area contributed by atoms with E-state index in [0.717, 1.165) is 24.6 Å². The second-order valence-corrected chi connectivity index (χ2v) is 13.8. The van der Waals surface area contributed by atoms with Crippen LogP contribution in [0.4, 0.5) is 0 Å². The average Bonchev–Trinajstić information content (AvgIpc) is 3.06. The van der Waals surface area contributed by atoms with Crippen LogP contribution >= 0.6 is 35.2 Å². The third-order valence-electron chi connectivity index (χ3n) is 6.96. The van der Waals surface area contributed by atoms with Crippen LogP contribution in [0.2, 0.25) is 0 Å². The molecule has 9 heteroatoms. The van der Waals surface area contributed by atoms with Gasteiger partial charge >= 0.3 is 0 Å². The molecule has 5 nitrogen and oxygen atoms in total. The van der Waals surface area contributed by atoms with Crippen molar-refractivity contribution in [2.24, 2.45) is 0 Å². The molecule has 1 fully saturated rings. The summed E-state index contributed by atoms with van der Waals surface area (Å²) in [6.45, 7) is 0.508. The normalized spacial score (nSPS) is 21.3. The van der Waals surface area contributed by atoms with Gasteiger partial charge in [-0.3, -0.25) is 0 Å². The van der Waals surface area contributed by atoms with E-state index < -0.39 is 6.29 Å². The van der Waals surface area contributed by atoms with E-state index in [1.807, 2.05) is 24.3 Å². The Morgan fingerprint density at radius 1 is 0.512 bits per heavy atom. The van der Waals surface area contributed by atoms with Gasteiger partial charge in [0, 0.05) is 66.3 Å². The Labute approximate surface area is 263 Å². The number of rotatable bonds is 17. The number of hydrogen-bond acceptors (Lipinski definition) is 5. The van der Waals surface area contributed by atoms with E-state index in [4.69, 9.17) is 22.8 Å². The minimum absolute atomic E-state index is 0.126. The molecule has 4 aromatic rings. The van der Waals surface area contributed by atoms with E-state index in [1.54, 1.807) is 0 Å². The van der Waals surface area contributed by atoms with Crippen LogP contribution in [0.15, 0.2) is 121 Å². The molecule has 0 N–H and O–H groups in total. The molecule has 226 valence electrons. The Morgan fingerprint density at radius 2 is 0.930 bits per heavy atom. The number of benzene rings is 4. The van der Waals surface area contributed by atoms with Gasteiger partial charge in [0.2, 0.25) is 0 Å². The summed E-state index contributed by atoms with van der Waals surface area (Å²) in [6, 6.07) is 41.8. The predicted octanol–water partition coefficient (Wildman–Crippen LogP) is 9.08. The maximum Gasteiger partial charge on any atom is 0.190 e. The molecular weight excluding hydrogens is 612 g/mol. The SMILES string of the molecule is c1ccc(CPOC[C@@H]2C[C@H](OPCc3ccccc3)[C@H](OPCc3ccccc3)[C@H](OPCc3ccccc3)O2)cc1. The van der Waals surface area contributed by atoms with Crippen molar-refractivity contribution in [3.63, 3.8) is 0 Å². The van der Waals surface area contributed by atoms with E-state index in [0.29, 0.717) is 30.6 Å². The lowest BCUT2D eigenvalue weighted by atomic mass is 10.0. The lowest BCUT2D eigenvalue weighted by molar-refractivity contribution is -0.221. The fraction of sp³-hybridized carbons (Fsp3) is 0.294. The van der Waals surface area contributed by atoms with Gasteiger partial charge in [-0.15, -0.1) is 0 Å². The van der Waals surface area contributed by atoms with E-state index in [-0.39, 0.29) is 35.9 Å². The molecule has 0 radical (unpaired) electrons. The second kappa shape index (κ2) is 19.0. The highest BCUT2D eigenvalue weighted by molar-refractivity contribution is 7.32. The van der Waals surface area contributed by atoms with Gasteiger partial charge in [-0.2, -0.15) is 0 Å². The van der Waals surface area contributed by atoms with Crippen LogP contribution in [0, 0.1) is 0 Å². The first-order chi connectivity index (χ1) is 21.3. The zero-order chi connectivity index (χ0) is 29.4. The average molecular weight is 653 g/mol. The van der Waals surface area contributed by atoms with Crippen molar-refractivity contribution >= 4 is 35.2 Å². The van der Waals surface area contributed by atoms with Crippen LogP contribution in [0.3, 0.4) is 0 Å². The highest BCUT2D eigenvalue weighted by Gasteiger charge is 2.41. The molecule has 1 aliphatic heterocycles. The molecule has 0 bridgehead atoms.